The van der Waals surface area contributed by atoms with E-state index in [1.54, 1.807) is 0 Å². The predicted octanol–water partition coefficient (Wildman–Crippen LogP) is 3.32. The van der Waals surface area contributed by atoms with Crippen molar-refractivity contribution in [3.63, 3.8) is 0 Å². The Bertz CT molecular complexity index is 691. The van der Waals surface area contributed by atoms with Gasteiger partial charge in [-0.1, -0.05) is 6.42 Å². The van der Waals surface area contributed by atoms with Gasteiger partial charge in [-0.15, -0.1) is 0 Å². The Kier molecular flexibility index (Phi) is 4.57. The van der Waals surface area contributed by atoms with Crippen molar-refractivity contribution in [2.24, 2.45) is 11.3 Å². The van der Waals surface area contributed by atoms with Gasteiger partial charge in [0.25, 0.3) is 5.91 Å². The Balaban J connectivity index is 1.47. The number of carbonyl (C=O) groups is 2. The molecule has 0 N–H and O–H groups in total. The Morgan fingerprint density at radius 2 is 2.04 bits per heavy atom. The Labute approximate surface area is 156 Å². The van der Waals surface area contributed by atoms with Crippen molar-refractivity contribution in [2.45, 2.75) is 58.4 Å². The van der Waals surface area contributed by atoms with Crippen LogP contribution in [0.15, 0.2) is 18.3 Å². The number of piperidine rings is 1. The third kappa shape index (κ3) is 2.95. The molecule has 1 spiro atoms. The number of hydrogen-bond acceptors (Lipinski definition) is 2. The Morgan fingerprint density at radius 3 is 2.73 bits per heavy atom. The number of likely N-dealkylation sites (tertiary alicyclic amines) is 2. The molecule has 1 atom stereocenters. The molecule has 4 rings (SSSR count). The number of carbonyl (C=O) groups excluding carboxylic acids is 2. The van der Waals surface area contributed by atoms with Gasteiger partial charge < -0.3 is 14.4 Å². The van der Waals surface area contributed by atoms with E-state index < -0.39 is 0 Å². The summed E-state index contributed by atoms with van der Waals surface area (Å²) in [6.07, 6.45) is 8.65. The molecule has 2 aliphatic heterocycles. The lowest BCUT2D eigenvalue weighted by molar-refractivity contribution is -0.146. The number of nitrogens with zero attached hydrogens (tertiary/aromatic N) is 3. The zero-order valence-electron chi connectivity index (χ0n) is 16.1. The molecule has 0 unspecified atom stereocenters. The molecule has 142 valence electrons. The highest BCUT2D eigenvalue weighted by molar-refractivity contribution is 5.94. The maximum atomic E-state index is 13.2. The second-order valence-corrected chi connectivity index (χ2v) is 8.80. The molecule has 1 saturated carbocycles. The summed E-state index contributed by atoms with van der Waals surface area (Å²) in [5.41, 5.74) is 0.416. The van der Waals surface area contributed by atoms with Crippen LogP contribution in [0.25, 0.3) is 0 Å². The molecule has 0 radical (unpaired) electrons. The largest absolute Gasteiger partial charge is 0.342 e. The van der Waals surface area contributed by atoms with Crippen LogP contribution >= 0.6 is 0 Å². The molecule has 5 nitrogen and oxygen atoms in total. The maximum Gasteiger partial charge on any atom is 0.270 e. The molecule has 1 aromatic rings. The van der Waals surface area contributed by atoms with Crippen LogP contribution in [0, 0.1) is 11.3 Å². The van der Waals surface area contributed by atoms with Gasteiger partial charge in [0.2, 0.25) is 5.91 Å². The molecule has 0 aromatic carbocycles. The van der Waals surface area contributed by atoms with Crippen molar-refractivity contribution >= 4 is 11.8 Å². The quantitative estimate of drug-likeness (QED) is 0.830. The standard InChI is InChI=1S/C21H31N3O2/c1-16(2)24-12-4-8-18(24)19(25)23-13-10-21(15-23)9-5-11-22(20(21)26)14-17-6-3-7-17/h4,8,12,16-17H,3,5-7,9-11,13-15H2,1-2H3/t21-/m1/s1. The van der Waals surface area contributed by atoms with Gasteiger partial charge in [0.15, 0.2) is 0 Å². The van der Waals surface area contributed by atoms with Crippen molar-refractivity contribution in [2.75, 3.05) is 26.2 Å². The summed E-state index contributed by atoms with van der Waals surface area (Å²) in [4.78, 5) is 30.3. The zero-order valence-corrected chi connectivity index (χ0v) is 16.1. The zero-order chi connectivity index (χ0) is 18.3. The van der Waals surface area contributed by atoms with Crippen LogP contribution in [0.1, 0.15) is 68.9 Å². The number of aromatic nitrogens is 1. The Morgan fingerprint density at radius 1 is 1.23 bits per heavy atom. The smallest absolute Gasteiger partial charge is 0.270 e. The Hall–Kier alpha value is -1.78. The molecule has 3 fully saturated rings. The summed E-state index contributed by atoms with van der Waals surface area (Å²) >= 11 is 0. The third-order valence-corrected chi connectivity index (χ3v) is 6.72. The van der Waals surface area contributed by atoms with Gasteiger partial charge >= 0.3 is 0 Å². The van der Waals surface area contributed by atoms with Crippen molar-refractivity contribution in [1.29, 1.82) is 0 Å². The molecule has 1 aromatic heterocycles. The number of rotatable bonds is 4. The van der Waals surface area contributed by atoms with Gasteiger partial charge in [-0.25, -0.2) is 0 Å². The molecule has 26 heavy (non-hydrogen) atoms. The number of hydrogen-bond donors (Lipinski definition) is 0. The molecule has 3 aliphatic rings. The van der Waals surface area contributed by atoms with Crippen LogP contribution < -0.4 is 0 Å². The molecule has 0 bridgehead atoms. The lowest BCUT2D eigenvalue weighted by Crippen LogP contribution is -2.52. The highest BCUT2D eigenvalue weighted by atomic mass is 16.2. The monoisotopic (exact) mass is 357 g/mol. The fourth-order valence-electron chi connectivity index (χ4n) is 4.93. The molecule has 3 heterocycles. The summed E-state index contributed by atoms with van der Waals surface area (Å²) in [7, 11) is 0. The SMILES string of the molecule is CC(C)n1cccc1C(=O)N1CC[C@]2(CCCN(CC3CCC3)C2=O)C1. The van der Waals surface area contributed by atoms with E-state index in [9.17, 15) is 9.59 Å². The van der Waals surface area contributed by atoms with Crippen molar-refractivity contribution < 1.29 is 9.59 Å². The maximum absolute atomic E-state index is 13.2. The van der Waals surface area contributed by atoms with Gasteiger partial charge in [0, 0.05) is 38.4 Å². The fraction of sp³-hybridized carbons (Fsp3) is 0.714. The molecule has 2 amide bonds. The van der Waals surface area contributed by atoms with Crippen LogP contribution in [-0.4, -0.2) is 52.4 Å². The summed E-state index contributed by atoms with van der Waals surface area (Å²) in [5.74, 6) is 1.09. The molecular weight excluding hydrogens is 326 g/mol. The molecule has 2 saturated heterocycles. The van der Waals surface area contributed by atoms with Crippen molar-refractivity contribution in [1.82, 2.24) is 14.4 Å². The van der Waals surface area contributed by atoms with Gasteiger partial charge in [0.05, 0.1) is 5.41 Å². The van der Waals surface area contributed by atoms with Gasteiger partial charge in [-0.3, -0.25) is 9.59 Å². The first-order chi connectivity index (χ1) is 12.5. The topological polar surface area (TPSA) is 45.6 Å². The molecule has 1 aliphatic carbocycles. The summed E-state index contributed by atoms with van der Waals surface area (Å²) < 4.78 is 2.03. The van der Waals surface area contributed by atoms with Crippen LogP contribution in [0.3, 0.4) is 0 Å². The van der Waals surface area contributed by atoms with Crippen LogP contribution in [0.4, 0.5) is 0 Å². The first-order valence-corrected chi connectivity index (χ1v) is 10.3. The lowest BCUT2D eigenvalue weighted by atomic mass is 9.77. The normalized spacial score (nSPS) is 26.8. The first kappa shape index (κ1) is 17.6. The minimum atomic E-state index is -0.326. The molecular formula is C21H31N3O2. The minimum absolute atomic E-state index is 0.0736. The van der Waals surface area contributed by atoms with E-state index in [0.717, 1.165) is 38.0 Å². The molecule has 5 heteroatoms. The lowest BCUT2D eigenvalue weighted by Gasteiger charge is -2.42. The van der Waals surface area contributed by atoms with Gasteiger partial charge in [0.1, 0.15) is 5.69 Å². The third-order valence-electron chi connectivity index (χ3n) is 6.72. The van der Waals surface area contributed by atoms with Crippen molar-refractivity contribution in [3.05, 3.63) is 24.0 Å². The number of amides is 2. The second kappa shape index (κ2) is 6.75. The minimum Gasteiger partial charge on any atom is -0.342 e. The van der Waals surface area contributed by atoms with Crippen LogP contribution in [0.2, 0.25) is 0 Å². The average molecular weight is 357 g/mol. The first-order valence-electron chi connectivity index (χ1n) is 10.3. The average Bonchev–Trinajstić information content (AvgIpc) is 3.22. The van der Waals surface area contributed by atoms with E-state index in [0.29, 0.717) is 24.9 Å². The highest BCUT2D eigenvalue weighted by Gasteiger charge is 2.50. The van der Waals surface area contributed by atoms with Gasteiger partial charge in [-0.05, 0) is 64.0 Å². The van der Waals surface area contributed by atoms with Crippen LogP contribution in [-0.2, 0) is 4.79 Å². The fourth-order valence-corrected chi connectivity index (χ4v) is 4.93. The summed E-state index contributed by atoms with van der Waals surface area (Å²) in [6.45, 7) is 7.31. The van der Waals surface area contributed by atoms with Crippen LogP contribution in [0.5, 0.6) is 0 Å². The van der Waals surface area contributed by atoms with E-state index in [1.165, 1.54) is 19.3 Å². The van der Waals surface area contributed by atoms with E-state index in [-0.39, 0.29) is 17.4 Å². The predicted molar refractivity (Wildman–Crippen MR) is 101 cm³/mol. The summed E-state index contributed by atoms with van der Waals surface area (Å²) in [5, 5.41) is 0. The van der Waals surface area contributed by atoms with E-state index in [4.69, 9.17) is 0 Å². The van der Waals surface area contributed by atoms with E-state index in [1.807, 2.05) is 27.8 Å². The van der Waals surface area contributed by atoms with E-state index >= 15 is 0 Å². The highest BCUT2D eigenvalue weighted by Crippen LogP contribution is 2.41. The summed E-state index contributed by atoms with van der Waals surface area (Å²) in [6, 6.07) is 4.10. The van der Waals surface area contributed by atoms with Crippen molar-refractivity contribution in [3.8, 4) is 0 Å². The van der Waals surface area contributed by atoms with Gasteiger partial charge in [-0.2, -0.15) is 0 Å². The second-order valence-electron chi connectivity index (χ2n) is 8.80. The van der Waals surface area contributed by atoms with E-state index in [2.05, 4.69) is 18.7 Å².